The summed E-state index contributed by atoms with van der Waals surface area (Å²) in [4.78, 5) is 25.7. The zero-order valence-electron chi connectivity index (χ0n) is 13.7. The molecule has 0 spiro atoms. The number of carbonyl (C=O) groups excluding carboxylic acids is 1. The Morgan fingerprint density at radius 1 is 1.26 bits per heavy atom. The molecule has 1 aliphatic rings. The number of amides is 2. The molecule has 0 aliphatic carbocycles. The van der Waals surface area contributed by atoms with E-state index < -0.39 is 6.09 Å². The molecule has 1 heterocycles. The van der Waals surface area contributed by atoms with Crippen LogP contribution in [0.2, 0.25) is 5.02 Å². The van der Waals surface area contributed by atoms with Gasteiger partial charge in [-0.1, -0.05) is 32.4 Å². The Morgan fingerprint density at radius 3 is 2.39 bits per heavy atom. The number of halogens is 1. The van der Waals surface area contributed by atoms with Gasteiger partial charge in [0.15, 0.2) is 0 Å². The van der Waals surface area contributed by atoms with Gasteiger partial charge in [-0.3, -0.25) is 4.79 Å². The number of likely N-dealkylation sites (tertiary alicyclic amines) is 1. The number of carbonyl (C=O) groups is 2. The van der Waals surface area contributed by atoms with Crippen molar-refractivity contribution in [1.29, 1.82) is 0 Å². The fourth-order valence-corrected chi connectivity index (χ4v) is 3.45. The smallest absolute Gasteiger partial charge is 0.407 e. The Bertz CT molecular complexity index is 580. The number of nitrogens with zero attached hydrogens (tertiary/aromatic N) is 1. The third kappa shape index (κ3) is 4.16. The molecule has 0 aromatic heterocycles. The van der Waals surface area contributed by atoms with E-state index >= 15 is 0 Å². The molecule has 1 aromatic rings. The van der Waals surface area contributed by atoms with Crippen LogP contribution in [0, 0.1) is 11.3 Å². The minimum Gasteiger partial charge on any atom is -0.465 e. The first-order valence-corrected chi connectivity index (χ1v) is 8.14. The van der Waals surface area contributed by atoms with Crippen molar-refractivity contribution in [3.05, 3.63) is 29.3 Å². The zero-order valence-corrected chi connectivity index (χ0v) is 14.4. The highest BCUT2D eigenvalue weighted by Crippen LogP contribution is 2.36. The van der Waals surface area contributed by atoms with Crippen LogP contribution in [0.3, 0.4) is 0 Å². The standard InChI is InChI=1S/C17H23ClN2O3/c1-17(2,3)14-13(5-4-10-20(14)16(22)23)15(21)19-12-8-6-11(18)7-9-12/h6-9,13-14H,4-5,10H2,1-3H3,(H,19,21)(H,22,23). The van der Waals surface area contributed by atoms with E-state index in [-0.39, 0.29) is 23.3 Å². The second-order valence-corrected chi connectivity index (χ2v) is 7.47. The van der Waals surface area contributed by atoms with Gasteiger partial charge in [0.05, 0.1) is 12.0 Å². The number of rotatable bonds is 2. The lowest BCUT2D eigenvalue weighted by Crippen LogP contribution is -2.56. The highest BCUT2D eigenvalue weighted by molar-refractivity contribution is 6.30. The lowest BCUT2D eigenvalue weighted by atomic mass is 9.73. The number of hydrogen-bond acceptors (Lipinski definition) is 2. The highest BCUT2D eigenvalue weighted by Gasteiger charge is 2.44. The summed E-state index contributed by atoms with van der Waals surface area (Å²) in [7, 11) is 0. The largest absolute Gasteiger partial charge is 0.465 e. The zero-order chi connectivity index (χ0) is 17.2. The molecule has 23 heavy (non-hydrogen) atoms. The summed E-state index contributed by atoms with van der Waals surface area (Å²) in [5.74, 6) is -0.506. The first kappa shape index (κ1) is 17.6. The molecule has 0 bridgehead atoms. The maximum atomic E-state index is 12.7. The number of piperidine rings is 1. The number of anilines is 1. The summed E-state index contributed by atoms with van der Waals surface area (Å²) in [6, 6.07) is 6.56. The Hall–Kier alpha value is -1.75. The molecule has 1 aromatic carbocycles. The lowest BCUT2D eigenvalue weighted by Gasteiger charge is -2.46. The van der Waals surface area contributed by atoms with E-state index in [0.29, 0.717) is 30.1 Å². The van der Waals surface area contributed by atoms with Crippen molar-refractivity contribution in [2.24, 2.45) is 11.3 Å². The Kier molecular flexibility index (Phi) is 5.19. The summed E-state index contributed by atoms with van der Waals surface area (Å²) in [6.07, 6.45) is 0.414. The van der Waals surface area contributed by atoms with Crippen LogP contribution in [0.15, 0.2) is 24.3 Å². The van der Waals surface area contributed by atoms with E-state index in [9.17, 15) is 14.7 Å². The molecule has 2 unspecified atom stereocenters. The monoisotopic (exact) mass is 338 g/mol. The van der Waals surface area contributed by atoms with Crippen LogP contribution in [0.4, 0.5) is 10.5 Å². The summed E-state index contributed by atoms with van der Waals surface area (Å²) in [5, 5.41) is 13.0. The van der Waals surface area contributed by atoms with Gasteiger partial charge < -0.3 is 15.3 Å². The predicted molar refractivity (Wildman–Crippen MR) is 90.8 cm³/mol. The van der Waals surface area contributed by atoms with Crippen LogP contribution in [0.25, 0.3) is 0 Å². The maximum Gasteiger partial charge on any atom is 0.407 e. The molecular formula is C17H23ClN2O3. The highest BCUT2D eigenvalue weighted by atomic mass is 35.5. The summed E-state index contributed by atoms with van der Waals surface area (Å²) >= 11 is 5.85. The van der Waals surface area contributed by atoms with Gasteiger partial charge in [-0.05, 0) is 42.5 Å². The van der Waals surface area contributed by atoms with E-state index in [1.807, 2.05) is 20.8 Å². The van der Waals surface area contributed by atoms with Crippen molar-refractivity contribution < 1.29 is 14.7 Å². The first-order chi connectivity index (χ1) is 10.7. The second kappa shape index (κ2) is 6.79. The van der Waals surface area contributed by atoms with Crippen molar-refractivity contribution >= 4 is 29.3 Å². The van der Waals surface area contributed by atoms with Crippen LogP contribution < -0.4 is 5.32 Å². The van der Waals surface area contributed by atoms with Crippen LogP contribution in [0.1, 0.15) is 33.6 Å². The van der Waals surface area contributed by atoms with E-state index in [2.05, 4.69) is 5.32 Å². The van der Waals surface area contributed by atoms with E-state index in [0.717, 1.165) is 0 Å². The quantitative estimate of drug-likeness (QED) is 0.853. The summed E-state index contributed by atoms with van der Waals surface area (Å²) in [5.41, 5.74) is 0.348. The molecule has 126 valence electrons. The molecule has 2 atom stereocenters. The number of hydrogen-bond donors (Lipinski definition) is 2. The Balaban J connectivity index is 2.21. The van der Waals surface area contributed by atoms with Crippen LogP contribution in [-0.4, -0.2) is 34.6 Å². The average molecular weight is 339 g/mol. The normalized spacial score (nSPS) is 21.8. The van der Waals surface area contributed by atoms with Gasteiger partial charge in [0.2, 0.25) is 5.91 Å². The summed E-state index contributed by atoms with van der Waals surface area (Å²) in [6.45, 7) is 6.40. The molecule has 0 radical (unpaired) electrons. The molecule has 2 amide bonds. The fraction of sp³-hybridized carbons (Fsp3) is 0.529. The minimum absolute atomic E-state index is 0.141. The molecule has 2 rings (SSSR count). The van der Waals surface area contributed by atoms with Crippen molar-refractivity contribution in [1.82, 2.24) is 4.90 Å². The van der Waals surface area contributed by atoms with Crippen molar-refractivity contribution in [2.45, 2.75) is 39.7 Å². The third-order valence-corrected chi connectivity index (χ3v) is 4.46. The van der Waals surface area contributed by atoms with Gasteiger partial charge in [-0.25, -0.2) is 4.79 Å². The first-order valence-electron chi connectivity index (χ1n) is 7.76. The van der Waals surface area contributed by atoms with Crippen LogP contribution in [-0.2, 0) is 4.79 Å². The Morgan fingerprint density at radius 2 is 1.87 bits per heavy atom. The molecule has 5 nitrogen and oxygen atoms in total. The van der Waals surface area contributed by atoms with E-state index in [1.165, 1.54) is 4.90 Å². The van der Waals surface area contributed by atoms with Crippen LogP contribution in [0.5, 0.6) is 0 Å². The van der Waals surface area contributed by atoms with E-state index in [4.69, 9.17) is 11.6 Å². The van der Waals surface area contributed by atoms with Crippen molar-refractivity contribution in [3.8, 4) is 0 Å². The van der Waals surface area contributed by atoms with Crippen molar-refractivity contribution in [2.75, 3.05) is 11.9 Å². The van der Waals surface area contributed by atoms with Gasteiger partial charge in [-0.2, -0.15) is 0 Å². The average Bonchev–Trinajstić information content (AvgIpc) is 2.47. The van der Waals surface area contributed by atoms with Gasteiger partial charge in [0.25, 0.3) is 0 Å². The molecule has 1 fully saturated rings. The molecule has 2 N–H and O–H groups in total. The molecule has 1 aliphatic heterocycles. The fourth-order valence-electron chi connectivity index (χ4n) is 3.32. The number of carboxylic acid groups (broad SMARTS) is 1. The second-order valence-electron chi connectivity index (χ2n) is 7.03. The minimum atomic E-state index is -0.964. The van der Waals surface area contributed by atoms with Gasteiger partial charge >= 0.3 is 6.09 Å². The third-order valence-electron chi connectivity index (χ3n) is 4.21. The predicted octanol–water partition coefficient (Wildman–Crippen LogP) is 4.08. The molecule has 1 saturated heterocycles. The Labute approximate surface area is 141 Å². The molecule has 6 heteroatoms. The summed E-state index contributed by atoms with van der Waals surface area (Å²) < 4.78 is 0. The number of nitrogens with one attached hydrogen (secondary N) is 1. The van der Waals surface area contributed by atoms with Crippen LogP contribution >= 0.6 is 11.6 Å². The van der Waals surface area contributed by atoms with Gasteiger partial charge in [0, 0.05) is 17.3 Å². The lowest BCUT2D eigenvalue weighted by molar-refractivity contribution is -0.125. The van der Waals surface area contributed by atoms with Crippen molar-refractivity contribution in [3.63, 3.8) is 0 Å². The number of benzene rings is 1. The SMILES string of the molecule is CC(C)(C)C1C(C(=O)Nc2ccc(Cl)cc2)CCCN1C(=O)O. The molecular weight excluding hydrogens is 316 g/mol. The van der Waals surface area contributed by atoms with Gasteiger partial charge in [0.1, 0.15) is 0 Å². The maximum absolute atomic E-state index is 12.7. The van der Waals surface area contributed by atoms with Gasteiger partial charge in [-0.15, -0.1) is 0 Å². The molecule has 0 saturated carbocycles. The topological polar surface area (TPSA) is 69.6 Å². The van der Waals surface area contributed by atoms with E-state index in [1.54, 1.807) is 24.3 Å².